The van der Waals surface area contributed by atoms with Crippen LogP contribution < -0.4 is 5.73 Å². The standard InChI is InChI=1S/C16H22FN3O/c1-2-16(13-7-3-4-8-14(13)17)11-19-15(18)20(16)10-12-6-5-9-21-12/h3-4,7-8,12H,2,5-6,9-11H2,1H3,(H2,18,19). The van der Waals surface area contributed by atoms with Crippen molar-refractivity contribution in [2.24, 2.45) is 10.7 Å². The fourth-order valence-electron chi connectivity index (χ4n) is 3.42. The predicted molar refractivity (Wildman–Crippen MR) is 80.5 cm³/mol. The summed E-state index contributed by atoms with van der Waals surface area (Å²) in [5.41, 5.74) is 6.28. The molecule has 1 fully saturated rings. The second-order valence-electron chi connectivity index (χ2n) is 5.79. The molecule has 2 aliphatic rings. The molecular weight excluding hydrogens is 269 g/mol. The molecule has 21 heavy (non-hydrogen) atoms. The number of nitrogens with zero attached hydrogens (tertiary/aromatic N) is 2. The predicted octanol–water partition coefficient (Wildman–Crippen LogP) is 2.24. The van der Waals surface area contributed by atoms with E-state index in [0.29, 0.717) is 24.6 Å². The summed E-state index contributed by atoms with van der Waals surface area (Å²) in [5, 5.41) is 0. The first kappa shape index (κ1) is 14.3. The number of halogens is 1. The zero-order chi connectivity index (χ0) is 14.9. The monoisotopic (exact) mass is 291 g/mol. The van der Waals surface area contributed by atoms with Crippen LogP contribution in [0.15, 0.2) is 29.3 Å². The zero-order valence-corrected chi connectivity index (χ0v) is 12.4. The molecule has 0 amide bonds. The van der Waals surface area contributed by atoms with Crippen LogP contribution in [0.1, 0.15) is 31.7 Å². The molecule has 0 bridgehead atoms. The van der Waals surface area contributed by atoms with Gasteiger partial charge in [-0.2, -0.15) is 0 Å². The molecule has 2 unspecified atom stereocenters. The molecule has 4 nitrogen and oxygen atoms in total. The minimum absolute atomic E-state index is 0.162. The number of nitrogens with two attached hydrogens (primary N) is 1. The number of aliphatic imine (C=N–C) groups is 1. The molecule has 0 spiro atoms. The first-order valence-electron chi connectivity index (χ1n) is 7.61. The molecule has 0 saturated carbocycles. The topological polar surface area (TPSA) is 50.8 Å². The minimum atomic E-state index is -0.485. The van der Waals surface area contributed by atoms with Gasteiger partial charge in [0, 0.05) is 18.7 Å². The minimum Gasteiger partial charge on any atom is -0.376 e. The highest BCUT2D eigenvalue weighted by atomic mass is 19.1. The third-order valence-corrected chi connectivity index (χ3v) is 4.67. The van der Waals surface area contributed by atoms with Gasteiger partial charge in [-0.1, -0.05) is 25.1 Å². The maximum absolute atomic E-state index is 14.3. The van der Waals surface area contributed by atoms with E-state index in [1.807, 2.05) is 17.0 Å². The summed E-state index contributed by atoms with van der Waals surface area (Å²) in [6, 6.07) is 6.93. The van der Waals surface area contributed by atoms with E-state index < -0.39 is 5.54 Å². The van der Waals surface area contributed by atoms with Gasteiger partial charge in [0.05, 0.1) is 18.2 Å². The number of hydrogen-bond acceptors (Lipinski definition) is 4. The Hall–Kier alpha value is -1.62. The van der Waals surface area contributed by atoms with Crippen LogP contribution in [0.3, 0.4) is 0 Å². The highest BCUT2D eigenvalue weighted by Gasteiger charge is 2.44. The lowest BCUT2D eigenvalue weighted by Gasteiger charge is -2.40. The molecule has 3 rings (SSSR count). The Kier molecular flexibility index (Phi) is 3.85. The van der Waals surface area contributed by atoms with Crippen LogP contribution in [0.25, 0.3) is 0 Å². The van der Waals surface area contributed by atoms with Crippen LogP contribution in [-0.2, 0) is 10.3 Å². The summed E-state index contributed by atoms with van der Waals surface area (Å²) in [4.78, 5) is 6.44. The number of rotatable bonds is 4. The molecule has 0 aliphatic carbocycles. The SMILES string of the molecule is CCC1(c2ccccc2F)CN=C(N)N1CC1CCCO1. The van der Waals surface area contributed by atoms with Gasteiger partial charge in [-0.25, -0.2) is 4.39 Å². The van der Waals surface area contributed by atoms with E-state index in [1.165, 1.54) is 6.07 Å². The van der Waals surface area contributed by atoms with Crippen molar-refractivity contribution < 1.29 is 9.13 Å². The molecule has 2 N–H and O–H groups in total. The van der Waals surface area contributed by atoms with Crippen LogP contribution in [0.5, 0.6) is 0 Å². The second kappa shape index (κ2) is 5.64. The van der Waals surface area contributed by atoms with Gasteiger partial charge >= 0.3 is 0 Å². The van der Waals surface area contributed by atoms with Crippen LogP contribution >= 0.6 is 0 Å². The summed E-state index contributed by atoms with van der Waals surface area (Å²) in [7, 11) is 0. The largest absolute Gasteiger partial charge is 0.376 e. The Morgan fingerprint density at radius 1 is 1.48 bits per heavy atom. The van der Waals surface area contributed by atoms with Gasteiger partial charge in [0.25, 0.3) is 0 Å². The van der Waals surface area contributed by atoms with Gasteiger partial charge < -0.3 is 15.4 Å². The summed E-state index contributed by atoms with van der Waals surface area (Å²) in [6.07, 6.45) is 3.02. The van der Waals surface area contributed by atoms with Crippen LogP contribution in [0.4, 0.5) is 4.39 Å². The van der Waals surface area contributed by atoms with Crippen LogP contribution in [0.2, 0.25) is 0 Å². The van der Waals surface area contributed by atoms with Crippen molar-refractivity contribution in [2.45, 2.75) is 37.8 Å². The van der Waals surface area contributed by atoms with Crippen molar-refractivity contribution in [1.29, 1.82) is 0 Å². The Morgan fingerprint density at radius 2 is 2.29 bits per heavy atom. The van der Waals surface area contributed by atoms with Crippen molar-refractivity contribution in [2.75, 3.05) is 19.7 Å². The second-order valence-corrected chi connectivity index (χ2v) is 5.79. The van der Waals surface area contributed by atoms with Crippen molar-refractivity contribution in [3.05, 3.63) is 35.6 Å². The van der Waals surface area contributed by atoms with Gasteiger partial charge in [-0.3, -0.25) is 4.99 Å². The number of benzene rings is 1. The van der Waals surface area contributed by atoms with E-state index in [4.69, 9.17) is 10.5 Å². The molecule has 2 aliphatic heterocycles. The Morgan fingerprint density at radius 3 is 2.95 bits per heavy atom. The van der Waals surface area contributed by atoms with Crippen molar-refractivity contribution in [1.82, 2.24) is 4.90 Å². The smallest absolute Gasteiger partial charge is 0.192 e. The molecule has 0 radical (unpaired) electrons. The molecule has 2 heterocycles. The quantitative estimate of drug-likeness (QED) is 0.925. The highest BCUT2D eigenvalue weighted by Crippen LogP contribution is 2.38. The molecule has 0 aromatic heterocycles. The van der Waals surface area contributed by atoms with Crippen molar-refractivity contribution >= 4 is 5.96 Å². The average molecular weight is 291 g/mol. The first-order chi connectivity index (χ1) is 10.2. The number of ether oxygens (including phenoxy) is 1. The van der Waals surface area contributed by atoms with Gasteiger partial charge in [0.1, 0.15) is 5.82 Å². The fraction of sp³-hybridized carbons (Fsp3) is 0.562. The Bertz CT molecular complexity index is 542. The zero-order valence-electron chi connectivity index (χ0n) is 12.4. The summed E-state index contributed by atoms with van der Waals surface area (Å²) in [6.45, 7) is 4.04. The highest BCUT2D eigenvalue weighted by molar-refractivity contribution is 5.81. The third-order valence-electron chi connectivity index (χ3n) is 4.67. The summed E-state index contributed by atoms with van der Waals surface area (Å²) in [5.74, 6) is 0.303. The Balaban J connectivity index is 1.94. The fourth-order valence-corrected chi connectivity index (χ4v) is 3.42. The summed E-state index contributed by atoms with van der Waals surface area (Å²) < 4.78 is 20.1. The van der Waals surface area contributed by atoms with E-state index in [1.54, 1.807) is 6.07 Å². The van der Waals surface area contributed by atoms with Crippen molar-refractivity contribution in [3.8, 4) is 0 Å². The van der Waals surface area contributed by atoms with E-state index in [2.05, 4.69) is 11.9 Å². The molecule has 1 saturated heterocycles. The number of hydrogen-bond donors (Lipinski definition) is 1. The molecule has 1 aromatic carbocycles. The van der Waals surface area contributed by atoms with E-state index >= 15 is 0 Å². The lowest BCUT2D eigenvalue weighted by Crippen LogP contribution is -2.52. The molecule has 114 valence electrons. The molecule has 2 atom stereocenters. The lowest BCUT2D eigenvalue weighted by molar-refractivity contribution is 0.0622. The van der Waals surface area contributed by atoms with Crippen LogP contribution in [-0.4, -0.2) is 36.7 Å². The van der Waals surface area contributed by atoms with Gasteiger partial charge in [0.15, 0.2) is 5.96 Å². The van der Waals surface area contributed by atoms with E-state index in [-0.39, 0.29) is 11.9 Å². The van der Waals surface area contributed by atoms with Gasteiger partial charge in [-0.15, -0.1) is 0 Å². The average Bonchev–Trinajstić information content (AvgIpc) is 3.11. The maximum Gasteiger partial charge on any atom is 0.192 e. The molecular formula is C16H22FN3O. The summed E-state index contributed by atoms with van der Waals surface area (Å²) >= 11 is 0. The lowest BCUT2D eigenvalue weighted by atomic mass is 9.85. The maximum atomic E-state index is 14.3. The van der Waals surface area contributed by atoms with Gasteiger partial charge in [0.2, 0.25) is 0 Å². The first-order valence-corrected chi connectivity index (χ1v) is 7.61. The van der Waals surface area contributed by atoms with Gasteiger partial charge in [-0.05, 0) is 25.3 Å². The van der Waals surface area contributed by atoms with E-state index in [9.17, 15) is 4.39 Å². The molecule has 5 heteroatoms. The van der Waals surface area contributed by atoms with Crippen LogP contribution in [0, 0.1) is 5.82 Å². The number of guanidine groups is 1. The Labute approximate surface area is 124 Å². The third kappa shape index (κ3) is 2.39. The van der Waals surface area contributed by atoms with E-state index in [0.717, 1.165) is 25.9 Å². The van der Waals surface area contributed by atoms with Crippen molar-refractivity contribution in [3.63, 3.8) is 0 Å². The normalized spacial score (nSPS) is 29.0. The molecule has 1 aromatic rings.